The van der Waals surface area contributed by atoms with Crippen LogP contribution in [0.2, 0.25) is 5.02 Å². The van der Waals surface area contributed by atoms with Crippen LogP contribution in [-0.2, 0) is 27.5 Å². The van der Waals surface area contributed by atoms with Gasteiger partial charge in [-0.05, 0) is 74.7 Å². The Bertz CT molecular complexity index is 1970. The minimum absolute atomic E-state index is 0.0918. The highest BCUT2D eigenvalue weighted by Crippen LogP contribution is 2.44. The molecule has 0 aliphatic heterocycles. The molecule has 0 saturated carbocycles. The summed E-state index contributed by atoms with van der Waals surface area (Å²) in [5.74, 6) is 0.219. The third-order valence-corrected chi connectivity index (χ3v) is 9.31. The molecule has 0 saturated heterocycles. The first-order valence-electron chi connectivity index (χ1n) is 13.6. The lowest BCUT2D eigenvalue weighted by atomic mass is 9.86. The summed E-state index contributed by atoms with van der Waals surface area (Å²) in [4.78, 5) is 14.0. The first kappa shape index (κ1) is 28.2. The number of ketones is 1. The van der Waals surface area contributed by atoms with Gasteiger partial charge in [0, 0.05) is 10.9 Å². The molecule has 214 valence electrons. The second-order valence-corrected chi connectivity index (χ2v) is 12.7. The first-order valence-corrected chi connectivity index (χ1v) is 15.4. The fourth-order valence-electron chi connectivity index (χ4n) is 5.63. The monoisotopic (exact) mass is 600 g/mol. The fourth-order valence-corrected chi connectivity index (χ4v) is 6.77. The van der Waals surface area contributed by atoms with Crippen LogP contribution in [0.3, 0.4) is 0 Å². The fraction of sp³-hybridized carbons (Fsp3) is 0.212. The van der Waals surface area contributed by atoms with Crippen molar-refractivity contribution in [2.75, 3.05) is 6.61 Å². The highest BCUT2D eigenvalue weighted by Gasteiger charge is 2.33. The topological polar surface area (TPSA) is 87.5 Å². The van der Waals surface area contributed by atoms with Crippen LogP contribution in [0.15, 0.2) is 71.6 Å². The summed E-state index contributed by atoms with van der Waals surface area (Å²) >= 11 is 6.60. The van der Waals surface area contributed by atoms with Crippen LogP contribution in [-0.4, -0.2) is 30.6 Å². The van der Waals surface area contributed by atoms with Crippen LogP contribution in [0.1, 0.15) is 43.7 Å². The maximum absolute atomic E-state index is 14.0. The van der Waals surface area contributed by atoms with Gasteiger partial charge in [-0.1, -0.05) is 59.1 Å². The van der Waals surface area contributed by atoms with E-state index in [1.807, 2.05) is 19.1 Å². The van der Waals surface area contributed by atoms with Crippen LogP contribution in [0.5, 0.6) is 5.75 Å². The largest absolute Gasteiger partial charge is 0.488 e. The molecule has 0 fully saturated rings. The number of aryl methyl sites for hydroxylation is 4. The smallest absolute Gasteiger partial charge is 0.297 e. The molecule has 1 aliphatic rings. The van der Waals surface area contributed by atoms with Crippen molar-refractivity contribution >= 4 is 38.4 Å². The first-order chi connectivity index (χ1) is 20.0. The number of hydrogen-bond acceptors (Lipinski definition) is 6. The number of carbonyl (C=O) groups excluding carboxylic acids is 1. The Balaban J connectivity index is 1.33. The van der Waals surface area contributed by atoms with Crippen molar-refractivity contribution in [2.24, 2.45) is 0 Å². The highest BCUT2D eigenvalue weighted by atomic mass is 35.5. The number of halogens is 1. The molecule has 4 aromatic carbocycles. The number of fused-ring (bicyclic) bond motifs is 2. The molecular weight excluding hydrogens is 572 g/mol. The lowest BCUT2D eigenvalue weighted by molar-refractivity contribution is 0.103. The van der Waals surface area contributed by atoms with Gasteiger partial charge in [0.05, 0.1) is 39.7 Å². The Labute approximate surface area is 249 Å². The van der Waals surface area contributed by atoms with Gasteiger partial charge in [-0.2, -0.15) is 13.5 Å². The molecule has 1 aliphatic carbocycles. The van der Waals surface area contributed by atoms with Crippen molar-refractivity contribution in [3.8, 4) is 17.0 Å². The Morgan fingerprint density at radius 2 is 1.60 bits per heavy atom. The minimum atomic E-state index is -3.94. The molecule has 5 aromatic rings. The van der Waals surface area contributed by atoms with Crippen molar-refractivity contribution in [3.63, 3.8) is 0 Å². The average molecular weight is 601 g/mol. The third kappa shape index (κ3) is 4.89. The Morgan fingerprint density at radius 1 is 0.881 bits per heavy atom. The van der Waals surface area contributed by atoms with Gasteiger partial charge in [0.25, 0.3) is 10.1 Å². The molecule has 0 unspecified atom stereocenters. The zero-order valence-corrected chi connectivity index (χ0v) is 25.3. The summed E-state index contributed by atoms with van der Waals surface area (Å²) in [7, 11) is -3.94. The van der Waals surface area contributed by atoms with E-state index < -0.39 is 10.1 Å². The zero-order valence-electron chi connectivity index (χ0n) is 23.7. The van der Waals surface area contributed by atoms with Gasteiger partial charge < -0.3 is 4.74 Å². The van der Waals surface area contributed by atoms with E-state index in [-0.39, 0.29) is 23.8 Å². The second-order valence-electron chi connectivity index (χ2n) is 10.7. The summed E-state index contributed by atoms with van der Waals surface area (Å²) in [6.45, 7) is 8.38. The van der Waals surface area contributed by atoms with Gasteiger partial charge in [-0.15, -0.1) is 0 Å². The van der Waals surface area contributed by atoms with Crippen molar-refractivity contribution in [1.29, 1.82) is 0 Å². The number of hydrogen-bond donors (Lipinski definition) is 0. The van der Waals surface area contributed by atoms with E-state index >= 15 is 0 Å². The van der Waals surface area contributed by atoms with E-state index in [0.717, 1.165) is 22.3 Å². The van der Waals surface area contributed by atoms with Gasteiger partial charge in [-0.25, -0.2) is 0 Å². The van der Waals surface area contributed by atoms with Gasteiger partial charge in [-0.3, -0.25) is 13.7 Å². The molecule has 0 atom stereocenters. The number of aromatic nitrogens is 2. The molecule has 0 spiro atoms. The number of rotatable bonds is 8. The molecule has 0 radical (unpaired) electrons. The molecule has 42 heavy (non-hydrogen) atoms. The quantitative estimate of drug-likeness (QED) is 0.173. The predicted octanol–water partition coefficient (Wildman–Crippen LogP) is 7.12. The number of benzene rings is 4. The van der Waals surface area contributed by atoms with E-state index in [1.165, 1.54) is 17.7 Å². The maximum Gasteiger partial charge on any atom is 0.297 e. The SMILES string of the molecule is Cc1ccc(S(=O)(=O)OCCn2nc3c4c(c(Cl)ccc42)C(=O)c2c(OCc4c(C)cc(C)cc4C)cccc2-3)cc1. The predicted molar refractivity (Wildman–Crippen MR) is 163 cm³/mol. The second kappa shape index (κ2) is 10.7. The summed E-state index contributed by atoms with van der Waals surface area (Å²) in [6.07, 6.45) is 0. The lowest BCUT2D eigenvalue weighted by Gasteiger charge is -2.20. The van der Waals surface area contributed by atoms with Gasteiger partial charge in [0.1, 0.15) is 18.1 Å². The van der Waals surface area contributed by atoms with Crippen molar-refractivity contribution in [1.82, 2.24) is 9.78 Å². The summed E-state index contributed by atoms with van der Waals surface area (Å²) in [6, 6.07) is 19.6. The third-order valence-electron chi connectivity index (χ3n) is 7.67. The van der Waals surface area contributed by atoms with E-state index in [0.29, 0.717) is 50.7 Å². The van der Waals surface area contributed by atoms with Gasteiger partial charge >= 0.3 is 0 Å². The van der Waals surface area contributed by atoms with Crippen LogP contribution in [0, 0.1) is 27.7 Å². The van der Waals surface area contributed by atoms with Crippen LogP contribution >= 0.6 is 11.6 Å². The molecule has 9 heteroatoms. The van der Waals surface area contributed by atoms with E-state index in [4.69, 9.17) is 25.6 Å². The van der Waals surface area contributed by atoms with E-state index in [2.05, 4.69) is 32.9 Å². The Morgan fingerprint density at radius 3 is 2.31 bits per heavy atom. The number of nitrogens with zero attached hydrogens (tertiary/aromatic N) is 2. The summed E-state index contributed by atoms with van der Waals surface area (Å²) < 4.78 is 38.7. The van der Waals surface area contributed by atoms with Crippen molar-refractivity contribution in [2.45, 2.75) is 45.7 Å². The van der Waals surface area contributed by atoms with Crippen molar-refractivity contribution < 1.29 is 22.1 Å². The Hall–Kier alpha value is -3.98. The molecule has 0 N–H and O–H groups in total. The number of carbonyl (C=O) groups is 1. The summed E-state index contributed by atoms with van der Waals surface area (Å²) in [5.41, 5.74) is 8.13. The molecule has 7 nitrogen and oxygen atoms in total. The average Bonchev–Trinajstić information content (AvgIpc) is 3.30. The molecule has 0 amide bonds. The zero-order chi connectivity index (χ0) is 29.8. The van der Waals surface area contributed by atoms with Crippen LogP contribution in [0.4, 0.5) is 0 Å². The lowest BCUT2D eigenvalue weighted by Crippen LogP contribution is -2.13. The van der Waals surface area contributed by atoms with E-state index in [1.54, 1.807) is 35.0 Å². The highest BCUT2D eigenvalue weighted by molar-refractivity contribution is 7.86. The minimum Gasteiger partial charge on any atom is -0.488 e. The maximum atomic E-state index is 14.0. The van der Waals surface area contributed by atoms with Crippen LogP contribution < -0.4 is 4.74 Å². The van der Waals surface area contributed by atoms with E-state index in [9.17, 15) is 13.2 Å². The standard InChI is InChI=1S/C33H29ClN2O5S/c1-19-8-10-23(11-9-19)42(38,39)41-15-14-36-27-13-12-26(34)30-31(27)32(35-36)24-6-5-7-28(29(24)33(30)37)40-18-25-21(3)16-20(2)17-22(25)4/h5-13,16-17H,14-15,18H2,1-4H3. The number of ether oxygens (including phenoxy) is 1. The molecule has 1 heterocycles. The molecule has 0 bridgehead atoms. The molecule has 1 aromatic heterocycles. The van der Waals surface area contributed by atoms with Gasteiger partial charge in [0.15, 0.2) is 5.78 Å². The van der Waals surface area contributed by atoms with Crippen LogP contribution in [0.25, 0.3) is 22.2 Å². The summed E-state index contributed by atoms with van der Waals surface area (Å²) in [5, 5.41) is 5.76. The van der Waals surface area contributed by atoms with Gasteiger partial charge in [0.2, 0.25) is 0 Å². The normalized spacial score (nSPS) is 12.5. The molecule has 6 rings (SSSR count). The van der Waals surface area contributed by atoms with Crippen molar-refractivity contribution in [3.05, 3.63) is 111 Å². The Kier molecular flexibility index (Phi) is 7.17. The molecular formula is C33H29ClN2O5S.